The number of hydrogen-bond acceptors (Lipinski definition) is 5. The Morgan fingerprint density at radius 1 is 1.10 bits per heavy atom. The summed E-state index contributed by atoms with van der Waals surface area (Å²) in [5.74, 6) is 0. The molecule has 0 spiro atoms. The van der Waals surface area contributed by atoms with Crippen molar-refractivity contribution < 1.29 is 18.9 Å². The van der Waals surface area contributed by atoms with E-state index in [2.05, 4.69) is 0 Å². The van der Waals surface area contributed by atoms with Gasteiger partial charge in [0, 0.05) is 47.4 Å². The Kier molecular flexibility index (Phi) is 30.4. The van der Waals surface area contributed by atoms with Crippen LogP contribution in [0, 0.1) is 0 Å². The Morgan fingerprint density at radius 2 is 1.30 bits per heavy atom. The van der Waals surface area contributed by atoms with E-state index in [1.807, 2.05) is 0 Å². The molecule has 0 rings (SSSR count). The molecule has 49 valence electrons. The quantitative estimate of drug-likeness (QED) is 0.454. The van der Waals surface area contributed by atoms with Crippen LogP contribution in [-0.4, -0.2) is 47.4 Å². The molecular formula is GeLiO4P2SSi. The summed E-state index contributed by atoms with van der Waals surface area (Å²) >= 11 is -0.0833. The molecule has 2 unspecified atom stereocenters. The minimum absolute atomic E-state index is 0. The molecule has 0 bridgehead atoms. The van der Waals surface area contributed by atoms with Crippen molar-refractivity contribution in [2.45, 2.75) is 0 Å². The van der Waals surface area contributed by atoms with Crippen molar-refractivity contribution in [2.24, 2.45) is 0 Å². The summed E-state index contributed by atoms with van der Waals surface area (Å²) in [6.07, 6.45) is 0. The van der Waals surface area contributed by atoms with E-state index in [0.717, 1.165) is 0 Å². The minimum atomic E-state index is -2.82. The Bertz CT molecular complexity index is 99.4. The summed E-state index contributed by atoms with van der Waals surface area (Å²) in [5, 5.41) is 0. The molecule has 2 atom stereocenters. The van der Waals surface area contributed by atoms with Gasteiger partial charge in [-0.2, -0.15) is 0 Å². The molecule has 0 heterocycles. The third kappa shape index (κ3) is 22.6. The third-order valence-corrected chi connectivity index (χ3v) is 3.60. The largest absolute Gasteiger partial charge is 0.581 e. The van der Waals surface area contributed by atoms with Gasteiger partial charge in [0.25, 0.3) is 0 Å². The molecule has 9 radical (unpaired) electrons. The average Bonchev–Trinajstić information content (AvgIpc) is 1.27. The van der Waals surface area contributed by atoms with Crippen LogP contribution in [0.2, 0.25) is 0 Å². The van der Waals surface area contributed by atoms with Gasteiger partial charge in [0.05, 0.1) is 0 Å². The van der Waals surface area contributed by atoms with Gasteiger partial charge in [-0.05, 0) is 0 Å². The van der Waals surface area contributed by atoms with Crippen molar-refractivity contribution >= 4 is 72.9 Å². The smallest absolute Gasteiger partial charge is 0.438 e. The summed E-state index contributed by atoms with van der Waals surface area (Å²) < 4.78 is 18.9. The van der Waals surface area contributed by atoms with E-state index >= 15 is 0 Å². The van der Waals surface area contributed by atoms with Crippen LogP contribution in [0.3, 0.4) is 0 Å². The molecule has 0 amide bonds. The van der Waals surface area contributed by atoms with Crippen molar-refractivity contribution in [1.29, 1.82) is 0 Å². The zero-order valence-electron chi connectivity index (χ0n) is 4.94. The van der Waals surface area contributed by atoms with Crippen LogP contribution in [-0.2, 0) is 9.13 Å². The maximum Gasteiger partial charge on any atom is 0.438 e. The minimum Gasteiger partial charge on any atom is -0.581 e. The Labute approximate surface area is 91.3 Å². The summed E-state index contributed by atoms with van der Waals surface area (Å²) in [6.45, 7) is 0. The normalized spacial score (nSPS) is 9.40. The van der Waals surface area contributed by atoms with Crippen LogP contribution in [0.5, 0.6) is 0 Å². The maximum absolute atomic E-state index is 9.43. The molecule has 0 aliphatic heterocycles. The first-order chi connectivity index (χ1) is 3.13. The van der Waals surface area contributed by atoms with Crippen molar-refractivity contribution in [3.05, 3.63) is 0 Å². The molecule has 0 aromatic heterocycles. The average molecular weight is 266 g/mol. The van der Waals surface area contributed by atoms with Gasteiger partial charge >= 0.3 is 25.5 Å². The second-order valence-electron chi connectivity index (χ2n) is 0.529. The molecule has 0 saturated carbocycles. The van der Waals surface area contributed by atoms with Crippen LogP contribution in [0.1, 0.15) is 0 Å². The predicted octanol–water partition coefficient (Wildman–Crippen LogP) is -1.39. The first-order valence-electron chi connectivity index (χ1n) is 1.10. The second-order valence-corrected chi connectivity index (χ2v) is 5.34. The van der Waals surface area contributed by atoms with Crippen LogP contribution in [0.25, 0.3) is 0 Å². The second kappa shape index (κ2) is 13.4. The number of hydrogen-bond donors (Lipinski definition) is 0. The van der Waals surface area contributed by atoms with Crippen molar-refractivity contribution in [3.8, 4) is 0 Å². The van der Waals surface area contributed by atoms with Crippen molar-refractivity contribution in [2.75, 3.05) is 0 Å². The Hall–Kier alpha value is 1.83. The fraction of sp³-hybridized carbons (Fsp3) is 0. The molecular weight excluding hydrogens is 266 g/mol. The van der Waals surface area contributed by atoms with Gasteiger partial charge in [-0.3, -0.25) is 0 Å². The summed E-state index contributed by atoms with van der Waals surface area (Å²) in [4.78, 5) is 18.9. The van der Waals surface area contributed by atoms with Gasteiger partial charge in [-0.15, -0.1) is 0 Å². The van der Waals surface area contributed by atoms with E-state index in [1.165, 1.54) is 0 Å². The van der Waals surface area contributed by atoms with Crippen molar-refractivity contribution in [1.82, 2.24) is 0 Å². The summed E-state index contributed by atoms with van der Waals surface area (Å²) in [6, 6.07) is 0. The van der Waals surface area contributed by atoms with Gasteiger partial charge in [0.15, 0.2) is 0 Å². The van der Waals surface area contributed by atoms with Crippen molar-refractivity contribution in [3.63, 3.8) is 0 Å². The molecule has 0 aliphatic rings. The fourth-order valence-electron chi connectivity index (χ4n) is 0.0544. The van der Waals surface area contributed by atoms with Gasteiger partial charge < -0.3 is 9.79 Å². The topological polar surface area (TPSA) is 80.3 Å². The molecule has 0 saturated heterocycles. The van der Waals surface area contributed by atoms with E-state index in [9.17, 15) is 18.9 Å². The zero-order valence-corrected chi connectivity index (χ0v) is 10.6. The number of rotatable bonds is 2. The third-order valence-electron chi connectivity index (χ3n) is 0.133. The first kappa shape index (κ1) is 22.6. The molecule has 4 nitrogen and oxygen atoms in total. The molecule has 0 aromatic carbocycles. The molecule has 10 heteroatoms. The first-order valence-corrected chi connectivity index (χ1v) is 5.48. The maximum atomic E-state index is 9.43. The van der Waals surface area contributed by atoms with Gasteiger partial charge in [0.1, 0.15) is 0 Å². The van der Waals surface area contributed by atoms with E-state index in [0.29, 0.717) is 0 Å². The Balaban J connectivity index is -0.0000000600. The van der Waals surface area contributed by atoms with E-state index < -0.39 is 14.5 Å². The molecule has 0 aromatic rings. The Morgan fingerprint density at radius 3 is 1.30 bits per heavy atom. The van der Waals surface area contributed by atoms with E-state index in [4.69, 9.17) is 0 Å². The molecule has 0 N–H and O–H groups in total. The van der Waals surface area contributed by atoms with Crippen LogP contribution >= 0.6 is 25.5 Å². The molecule has 10 heavy (non-hydrogen) atoms. The van der Waals surface area contributed by atoms with E-state index in [-0.39, 0.29) is 58.4 Å². The fourth-order valence-corrected chi connectivity index (χ4v) is 1.47. The van der Waals surface area contributed by atoms with Gasteiger partial charge in [-0.1, -0.05) is 9.13 Å². The molecule has 0 fully saturated rings. The van der Waals surface area contributed by atoms with Gasteiger partial charge in [0.2, 0.25) is 0 Å². The summed E-state index contributed by atoms with van der Waals surface area (Å²) in [7, 11) is -5.64. The van der Waals surface area contributed by atoms with E-state index in [1.54, 1.807) is 0 Å². The van der Waals surface area contributed by atoms with Crippen LogP contribution in [0.4, 0.5) is 0 Å². The predicted molar refractivity (Wildman–Crippen MR) is 40.1 cm³/mol. The standard InChI is InChI=1S/Ge.Li.O4P2S.Si/c;;1-5(2)7-6(3)4;. The van der Waals surface area contributed by atoms with Crippen LogP contribution < -0.4 is 9.79 Å². The zero-order chi connectivity index (χ0) is 5.86. The monoisotopic (exact) mass is 267 g/mol. The summed E-state index contributed by atoms with van der Waals surface area (Å²) in [5.41, 5.74) is 0. The van der Waals surface area contributed by atoms with Crippen LogP contribution in [0.15, 0.2) is 0 Å². The van der Waals surface area contributed by atoms with Gasteiger partial charge in [-0.25, -0.2) is 0 Å². The SMILES string of the molecule is O=[P+]([O-])S[P+](=O)[O-].[Ge].[Li].[Si]. The molecule has 0 aliphatic carbocycles.